The molecule has 144 valence electrons. The molecule has 1 aromatic rings. The molecule has 0 atom stereocenters. The van der Waals surface area contributed by atoms with Crippen LogP contribution >= 0.6 is 12.2 Å². The monoisotopic (exact) mass is 367 g/mol. The number of hydrogen-bond acceptors (Lipinski definition) is 5. The summed E-state index contributed by atoms with van der Waals surface area (Å²) in [4.78, 5) is 11.7. The summed E-state index contributed by atoms with van der Waals surface area (Å²) in [6.45, 7) is 6.34. The second kappa shape index (κ2) is 15.1. The molecule has 1 rings (SSSR count). The maximum absolute atomic E-state index is 5.16. The van der Waals surface area contributed by atoms with E-state index in [0.29, 0.717) is 4.77 Å². The molecule has 1 aromatic heterocycles. The Hall–Kier alpha value is -1.17. The summed E-state index contributed by atoms with van der Waals surface area (Å²) in [7, 11) is 0. The van der Waals surface area contributed by atoms with E-state index in [9.17, 15) is 0 Å². The first-order chi connectivity index (χ1) is 12.3. The molecule has 0 aliphatic carbocycles. The van der Waals surface area contributed by atoms with Crippen molar-refractivity contribution in [3.63, 3.8) is 0 Å². The smallest absolute Gasteiger partial charge is 0.225 e. The Labute approximate surface area is 158 Å². The lowest BCUT2D eigenvalue weighted by Gasteiger charge is -2.09. The quantitative estimate of drug-likeness (QED) is 0.244. The van der Waals surface area contributed by atoms with Crippen molar-refractivity contribution >= 4 is 24.1 Å². The summed E-state index contributed by atoms with van der Waals surface area (Å²) >= 11 is 5.16. The van der Waals surface area contributed by atoms with Gasteiger partial charge in [0.1, 0.15) is 0 Å². The van der Waals surface area contributed by atoms with Gasteiger partial charge in [0, 0.05) is 13.1 Å². The van der Waals surface area contributed by atoms with Gasteiger partial charge in [-0.25, -0.2) is 0 Å². The normalized spacial score (nSPS) is 10.8. The number of H-pyrrole nitrogens is 1. The van der Waals surface area contributed by atoms with Crippen molar-refractivity contribution in [3.05, 3.63) is 4.77 Å². The lowest BCUT2D eigenvalue weighted by molar-refractivity contribution is 0.615. The molecule has 0 aromatic carbocycles. The first-order valence-corrected chi connectivity index (χ1v) is 10.6. The van der Waals surface area contributed by atoms with Gasteiger partial charge < -0.3 is 10.6 Å². The van der Waals surface area contributed by atoms with Gasteiger partial charge in [-0.3, -0.25) is 4.98 Å². The summed E-state index contributed by atoms with van der Waals surface area (Å²) in [6, 6.07) is 0. The Kier molecular flexibility index (Phi) is 13.2. The first kappa shape index (κ1) is 21.9. The summed E-state index contributed by atoms with van der Waals surface area (Å²) < 4.78 is 0.384. The number of nitrogens with zero attached hydrogens (tertiary/aromatic N) is 2. The average Bonchev–Trinajstić information content (AvgIpc) is 2.60. The van der Waals surface area contributed by atoms with E-state index < -0.39 is 0 Å². The van der Waals surface area contributed by atoms with Crippen LogP contribution in [0.1, 0.15) is 90.9 Å². The average molecular weight is 368 g/mol. The molecule has 3 N–H and O–H groups in total. The van der Waals surface area contributed by atoms with Crippen molar-refractivity contribution in [3.8, 4) is 0 Å². The molecule has 0 fully saturated rings. The predicted molar refractivity (Wildman–Crippen MR) is 111 cm³/mol. The molecule has 25 heavy (non-hydrogen) atoms. The third-order valence-corrected chi connectivity index (χ3v) is 4.48. The van der Waals surface area contributed by atoms with Gasteiger partial charge in [0.2, 0.25) is 16.7 Å². The van der Waals surface area contributed by atoms with Crippen molar-refractivity contribution in [1.29, 1.82) is 0 Å². The Bertz CT molecular complexity index is 450. The fraction of sp³-hybridized carbons (Fsp3) is 0.842. The summed E-state index contributed by atoms with van der Waals surface area (Å²) in [6.07, 6.45) is 15.5. The first-order valence-electron chi connectivity index (χ1n) is 10.2. The van der Waals surface area contributed by atoms with E-state index in [4.69, 9.17) is 12.2 Å². The van der Waals surface area contributed by atoms with E-state index in [1.165, 1.54) is 64.2 Å². The van der Waals surface area contributed by atoms with Gasteiger partial charge >= 0.3 is 0 Å². The van der Waals surface area contributed by atoms with Gasteiger partial charge in [0.25, 0.3) is 0 Å². The van der Waals surface area contributed by atoms with Crippen molar-refractivity contribution in [2.24, 2.45) is 0 Å². The van der Waals surface area contributed by atoms with E-state index in [2.05, 4.69) is 39.4 Å². The van der Waals surface area contributed by atoms with Gasteiger partial charge in [-0.05, 0) is 25.1 Å². The molecule has 0 radical (unpaired) electrons. The Morgan fingerprint density at radius 3 is 1.52 bits per heavy atom. The fourth-order valence-electron chi connectivity index (χ4n) is 2.78. The van der Waals surface area contributed by atoms with Gasteiger partial charge in [-0.1, -0.05) is 78.1 Å². The Morgan fingerprint density at radius 1 is 0.680 bits per heavy atom. The second-order valence-corrected chi connectivity index (χ2v) is 7.08. The number of aromatic amines is 1. The molecule has 0 aliphatic rings. The molecule has 0 spiro atoms. The number of anilines is 2. The number of aromatic nitrogens is 3. The van der Waals surface area contributed by atoms with Gasteiger partial charge in [-0.15, -0.1) is 0 Å². The van der Waals surface area contributed by atoms with Crippen molar-refractivity contribution < 1.29 is 0 Å². The molecule has 1 heterocycles. The SMILES string of the molecule is CCCCCCCCNc1nc(=S)nc(NCCCCCCCC)[nH]1. The van der Waals surface area contributed by atoms with Gasteiger partial charge in [0.15, 0.2) is 0 Å². The highest BCUT2D eigenvalue weighted by Crippen LogP contribution is 2.08. The topological polar surface area (TPSA) is 65.6 Å². The van der Waals surface area contributed by atoms with E-state index in [1.54, 1.807) is 0 Å². The zero-order valence-corrected chi connectivity index (χ0v) is 17.0. The van der Waals surface area contributed by atoms with Crippen LogP contribution in [0.5, 0.6) is 0 Å². The van der Waals surface area contributed by atoms with Gasteiger partial charge in [0.05, 0.1) is 0 Å². The van der Waals surface area contributed by atoms with Crippen LogP contribution in [0.4, 0.5) is 11.9 Å². The van der Waals surface area contributed by atoms with Crippen LogP contribution in [0.3, 0.4) is 0 Å². The molecule has 0 saturated heterocycles. The van der Waals surface area contributed by atoms with Crippen LogP contribution in [-0.4, -0.2) is 28.0 Å². The highest BCUT2D eigenvalue weighted by molar-refractivity contribution is 7.71. The minimum Gasteiger partial charge on any atom is -0.356 e. The van der Waals surface area contributed by atoms with E-state index in [-0.39, 0.29) is 0 Å². The minimum atomic E-state index is 0.384. The maximum Gasteiger partial charge on any atom is 0.225 e. The van der Waals surface area contributed by atoms with Crippen LogP contribution < -0.4 is 10.6 Å². The van der Waals surface area contributed by atoms with Crippen LogP contribution in [0.15, 0.2) is 0 Å². The third-order valence-electron chi connectivity index (χ3n) is 4.30. The molecule has 0 bridgehead atoms. The Balaban J connectivity index is 2.20. The van der Waals surface area contributed by atoms with Crippen molar-refractivity contribution in [2.75, 3.05) is 23.7 Å². The zero-order chi connectivity index (χ0) is 18.2. The largest absolute Gasteiger partial charge is 0.356 e. The van der Waals surface area contributed by atoms with Crippen molar-refractivity contribution in [2.45, 2.75) is 90.9 Å². The van der Waals surface area contributed by atoms with Crippen LogP contribution in [-0.2, 0) is 0 Å². The zero-order valence-electron chi connectivity index (χ0n) is 16.2. The van der Waals surface area contributed by atoms with E-state index in [1.807, 2.05) is 0 Å². The highest BCUT2D eigenvalue weighted by Gasteiger charge is 2.00. The maximum atomic E-state index is 5.16. The molecule has 0 amide bonds. The van der Waals surface area contributed by atoms with Crippen LogP contribution in [0.25, 0.3) is 0 Å². The minimum absolute atomic E-state index is 0.384. The summed E-state index contributed by atoms with van der Waals surface area (Å²) in [5.74, 6) is 1.44. The highest BCUT2D eigenvalue weighted by atomic mass is 32.1. The van der Waals surface area contributed by atoms with Crippen molar-refractivity contribution in [1.82, 2.24) is 15.0 Å². The Morgan fingerprint density at radius 2 is 1.08 bits per heavy atom. The lowest BCUT2D eigenvalue weighted by Crippen LogP contribution is -2.11. The third kappa shape index (κ3) is 11.9. The standard InChI is InChI=1S/C19H37N5S/c1-3-5-7-9-11-13-15-20-17-22-18(24-19(25)23-17)21-16-14-12-10-8-6-4-2/h3-16H2,1-2H3,(H3,20,21,22,23,24,25). The van der Waals surface area contributed by atoms with E-state index in [0.717, 1.165) is 37.8 Å². The number of nitrogens with one attached hydrogen (secondary N) is 3. The molecular weight excluding hydrogens is 330 g/mol. The molecule has 0 saturated carbocycles. The molecule has 0 unspecified atom stereocenters. The van der Waals surface area contributed by atoms with Crippen LogP contribution in [0.2, 0.25) is 0 Å². The number of hydrogen-bond donors (Lipinski definition) is 3. The predicted octanol–water partition coefficient (Wildman–Crippen LogP) is 6.08. The number of unbranched alkanes of at least 4 members (excludes halogenated alkanes) is 10. The second-order valence-electron chi connectivity index (χ2n) is 6.72. The van der Waals surface area contributed by atoms with Gasteiger partial charge in [-0.2, -0.15) is 9.97 Å². The molecule has 0 aliphatic heterocycles. The fourth-order valence-corrected chi connectivity index (χ4v) is 2.96. The van der Waals surface area contributed by atoms with E-state index >= 15 is 0 Å². The summed E-state index contributed by atoms with van der Waals surface area (Å²) in [5.41, 5.74) is 0. The number of rotatable bonds is 16. The molecular formula is C19H37N5S. The lowest BCUT2D eigenvalue weighted by atomic mass is 10.1. The molecule has 6 heteroatoms. The van der Waals surface area contributed by atoms with Crippen LogP contribution in [0, 0.1) is 4.77 Å². The molecule has 5 nitrogen and oxygen atoms in total. The summed E-state index contributed by atoms with van der Waals surface area (Å²) in [5, 5.41) is 6.66.